The molecule has 0 aliphatic heterocycles. The predicted molar refractivity (Wildman–Crippen MR) is 51.5 cm³/mol. The smallest absolute Gasteiger partial charge is 0.306 e. The Morgan fingerprint density at radius 2 is 1.73 bits per heavy atom. The molecule has 90 valence electrons. The summed E-state index contributed by atoms with van der Waals surface area (Å²) in [6.45, 7) is 0.465. The minimum atomic E-state index is -1.75. The summed E-state index contributed by atoms with van der Waals surface area (Å²) in [5.41, 5.74) is 0. The molecule has 15 heavy (non-hydrogen) atoms. The molecule has 0 aromatic carbocycles. The summed E-state index contributed by atoms with van der Waals surface area (Å²) in [6, 6.07) is 0. The van der Waals surface area contributed by atoms with Crippen molar-refractivity contribution in [3.8, 4) is 0 Å². The Morgan fingerprint density at radius 1 is 1.40 bits per heavy atom. The number of quaternary nitrogens is 1. The molecule has 0 radical (unpaired) electrons. The zero-order valence-corrected chi connectivity index (χ0v) is 8.91. The van der Waals surface area contributed by atoms with Gasteiger partial charge in [0.05, 0.1) is 32.7 Å². The number of likely N-dealkylation sites (N-methyl/N-ethyl adjacent to an activating group) is 1. The van der Waals surface area contributed by atoms with Gasteiger partial charge in [-0.2, -0.15) is 0 Å². The molecule has 0 bridgehead atoms. The van der Waals surface area contributed by atoms with Crippen LogP contribution in [0.15, 0.2) is 0 Å². The molecule has 0 heterocycles. The van der Waals surface area contributed by atoms with Crippen molar-refractivity contribution < 1.29 is 24.6 Å². The third-order valence-corrected chi connectivity index (χ3v) is 1.17. The van der Waals surface area contributed by atoms with Gasteiger partial charge in [0, 0.05) is 0 Å². The zero-order valence-electron chi connectivity index (χ0n) is 8.91. The van der Waals surface area contributed by atoms with Crippen molar-refractivity contribution in [2.75, 3.05) is 27.7 Å². The molecule has 0 saturated carbocycles. The van der Waals surface area contributed by atoms with Crippen LogP contribution in [0.1, 0.15) is 6.42 Å². The maximum absolute atomic E-state index is 10.1. The molecule has 0 aliphatic carbocycles. The standard InChI is InChI=1S/C7H15NO3.NO3/c1-8(2,3)5-6(9)4-7(10)11;2-1(3)4/h6,9H,4-5H2,1-3H3;/q;-1/p+1/t6-;/m1./s1. The average molecular weight is 224 g/mol. The van der Waals surface area contributed by atoms with Crippen LogP contribution in [-0.4, -0.2) is 59.5 Å². The maximum Gasteiger partial charge on any atom is 0.306 e. The largest absolute Gasteiger partial charge is 0.481 e. The van der Waals surface area contributed by atoms with Crippen LogP contribution >= 0.6 is 0 Å². The second-order valence-corrected chi connectivity index (χ2v) is 3.95. The molecule has 2 N–H and O–H groups in total. The van der Waals surface area contributed by atoms with E-state index in [0.717, 1.165) is 0 Å². The van der Waals surface area contributed by atoms with Crippen LogP contribution in [0.2, 0.25) is 0 Å². The summed E-state index contributed by atoms with van der Waals surface area (Å²) in [5.74, 6) is -0.953. The molecular weight excluding hydrogens is 208 g/mol. The Bertz CT molecular complexity index is 208. The number of aliphatic carboxylic acids is 1. The highest BCUT2D eigenvalue weighted by Gasteiger charge is 2.17. The molecule has 0 aromatic rings. The van der Waals surface area contributed by atoms with Crippen LogP contribution in [0.3, 0.4) is 0 Å². The molecule has 0 aromatic heterocycles. The second-order valence-electron chi connectivity index (χ2n) is 3.95. The second kappa shape index (κ2) is 6.96. The topological polar surface area (TPSA) is 124 Å². The molecule has 8 heteroatoms. The van der Waals surface area contributed by atoms with Crippen molar-refractivity contribution in [2.24, 2.45) is 0 Å². The Hall–Kier alpha value is -1.41. The molecule has 0 unspecified atom stereocenters. The first-order valence-electron chi connectivity index (χ1n) is 4.06. The first-order valence-corrected chi connectivity index (χ1v) is 4.06. The third kappa shape index (κ3) is 24.5. The van der Waals surface area contributed by atoms with Crippen molar-refractivity contribution in [3.63, 3.8) is 0 Å². The van der Waals surface area contributed by atoms with Crippen molar-refractivity contribution >= 4 is 5.97 Å². The van der Waals surface area contributed by atoms with Crippen molar-refractivity contribution in [1.82, 2.24) is 0 Å². The Kier molecular flexibility index (Phi) is 7.44. The van der Waals surface area contributed by atoms with Gasteiger partial charge in [-0.1, -0.05) is 0 Å². The molecule has 0 spiro atoms. The molecule has 0 rings (SSSR count). The highest BCUT2D eigenvalue weighted by molar-refractivity contribution is 5.67. The number of aliphatic hydroxyl groups is 1. The van der Waals surface area contributed by atoms with E-state index in [0.29, 0.717) is 11.0 Å². The summed E-state index contributed by atoms with van der Waals surface area (Å²) in [7, 11) is 5.72. The lowest BCUT2D eigenvalue weighted by atomic mass is 10.2. The van der Waals surface area contributed by atoms with E-state index < -0.39 is 17.2 Å². The Labute approximate surface area is 87.1 Å². The van der Waals surface area contributed by atoms with Crippen LogP contribution in [-0.2, 0) is 4.79 Å². The monoisotopic (exact) mass is 224 g/mol. The van der Waals surface area contributed by atoms with Crippen LogP contribution in [0.25, 0.3) is 0 Å². The fourth-order valence-electron chi connectivity index (χ4n) is 0.898. The van der Waals surface area contributed by atoms with Gasteiger partial charge in [0.2, 0.25) is 0 Å². The minimum absolute atomic E-state index is 0.171. The van der Waals surface area contributed by atoms with E-state index >= 15 is 0 Å². The van der Waals surface area contributed by atoms with E-state index in [-0.39, 0.29) is 6.42 Å². The highest BCUT2D eigenvalue weighted by atomic mass is 16.9. The summed E-state index contributed by atoms with van der Waals surface area (Å²) in [5, 5.41) is 32.2. The van der Waals surface area contributed by atoms with Gasteiger partial charge in [0.15, 0.2) is 0 Å². The lowest BCUT2D eigenvalue weighted by Gasteiger charge is -2.25. The number of aliphatic hydroxyl groups excluding tert-OH is 1. The van der Waals surface area contributed by atoms with Gasteiger partial charge in [-0.05, 0) is 0 Å². The predicted octanol–water partition coefficient (Wildman–Crippen LogP) is -0.711. The van der Waals surface area contributed by atoms with E-state index in [1.807, 2.05) is 21.1 Å². The van der Waals surface area contributed by atoms with Crippen LogP contribution < -0.4 is 0 Å². The highest BCUT2D eigenvalue weighted by Crippen LogP contribution is 1.98. The van der Waals surface area contributed by atoms with Crippen LogP contribution in [0, 0.1) is 15.3 Å². The molecule has 0 saturated heterocycles. The first kappa shape index (κ1) is 16.0. The SMILES string of the molecule is C[N+](C)(C)C[C@H](O)CC(=O)O.O=[N+]([O-])[O-]. The van der Waals surface area contributed by atoms with Gasteiger partial charge in [-0.25, -0.2) is 0 Å². The van der Waals surface area contributed by atoms with E-state index in [4.69, 9.17) is 25.5 Å². The van der Waals surface area contributed by atoms with Crippen LogP contribution in [0.4, 0.5) is 0 Å². The Balaban J connectivity index is 0. The van der Waals surface area contributed by atoms with Crippen LogP contribution in [0.5, 0.6) is 0 Å². The molecule has 0 fully saturated rings. The fraction of sp³-hybridized carbons (Fsp3) is 0.857. The number of carbonyl (C=O) groups is 1. The van der Waals surface area contributed by atoms with Crippen molar-refractivity contribution in [2.45, 2.75) is 12.5 Å². The summed E-state index contributed by atoms with van der Waals surface area (Å²) in [6.07, 6.45) is -0.914. The molecule has 1 atom stereocenters. The number of carboxylic acid groups (broad SMARTS) is 1. The summed E-state index contributed by atoms with van der Waals surface area (Å²) >= 11 is 0. The van der Waals surface area contributed by atoms with E-state index in [2.05, 4.69) is 0 Å². The number of carboxylic acids is 1. The number of hydrogen-bond acceptors (Lipinski definition) is 5. The third-order valence-electron chi connectivity index (χ3n) is 1.17. The van der Waals surface area contributed by atoms with Crippen molar-refractivity contribution in [1.29, 1.82) is 0 Å². The number of hydrogen-bond donors (Lipinski definition) is 2. The lowest BCUT2D eigenvalue weighted by Crippen LogP contribution is -2.42. The maximum atomic E-state index is 10.1. The van der Waals surface area contributed by atoms with Gasteiger partial charge >= 0.3 is 5.97 Å². The minimum Gasteiger partial charge on any atom is -0.481 e. The molecule has 0 amide bonds. The molecule has 8 nitrogen and oxygen atoms in total. The van der Waals surface area contributed by atoms with Gasteiger partial charge in [0.1, 0.15) is 12.6 Å². The zero-order chi connectivity index (χ0) is 12.6. The van der Waals surface area contributed by atoms with Gasteiger partial charge in [0.25, 0.3) is 0 Å². The number of nitrogens with zero attached hydrogens (tertiary/aromatic N) is 2. The Morgan fingerprint density at radius 3 is 1.93 bits per heavy atom. The average Bonchev–Trinajstić information content (AvgIpc) is 1.76. The van der Waals surface area contributed by atoms with E-state index in [9.17, 15) is 4.79 Å². The van der Waals surface area contributed by atoms with E-state index in [1.54, 1.807) is 0 Å². The van der Waals surface area contributed by atoms with Gasteiger partial charge in [-0.15, -0.1) is 0 Å². The molecule has 0 aliphatic rings. The van der Waals surface area contributed by atoms with Gasteiger partial charge in [-0.3, -0.25) is 4.79 Å². The van der Waals surface area contributed by atoms with Gasteiger partial charge < -0.3 is 30.0 Å². The van der Waals surface area contributed by atoms with Crippen molar-refractivity contribution in [3.05, 3.63) is 15.3 Å². The summed E-state index contributed by atoms with van der Waals surface area (Å²) in [4.78, 5) is 18.4. The molecular formula is C7H16N2O6. The lowest BCUT2D eigenvalue weighted by molar-refractivity contribution is -0.873. The fourth-order valence-corrected chi connectivity index (χ4v) is 0.898. The first-order chi connectivity index (χ1) is 6.54. The summed E-state index contributed by atoms with van der Waals surface area (Å²) < 4.78 is 0.578. The number of rotatable bonds is 4. The normalized spacial score (nSPS) is 12.3. The van der Waals surface area contributed by atoms with E-state index in [1.165, 1.54) is 0 Å². The quantitative estimate of drug-likeness (QED) is 0.369.